The molecule has 1 aromatic rings. The number of nitrogens with zero attached hydrogens (tertiary/aromatic N) is 3. The lowest BCUT2D eigenvalue weighted by Gasteiger charge is -2.41. The maximum absolute atomic E-state index is 10.6. The van der Waals surface area contributed by atoms with Gasteiger partial charge in [0, 0.05) is 19.7 Å². The van der Waals surface area contributed by atoms with E-state index in [4.69, 9.17) is 0 Å². The van der Waals surface area contributed by atoms with Gasteiger partial charge in [0.2, 0.25) is 0 Å². The van der Waals surface area contributed by atoms with Gasteiger partial charge in [0.05, 0.1) is 11.3 Å². The zero-order valence-corrected chi connectivity index (χ0v) is 10.4. The molecule has 1 saturated carbocycles. The highest BCUT2D eigenvalue weighted by Crippen LogP contribution is 2.42. The van der Waals surface area contributed by atoms with Crippen molar-refractivity contribution in [3.05, 3.63) is 11.9 Å². The average Bonchev–Trinajstić information content (AvgIpc) is 2.47. The van der Waals surface area contributed by atoms with Gasteiger partial charge in [-0.1, -0.05) is 25.5 Å². The molecule has 1 N–H and O–H groups in total. The topological polar surface area (TPSA) is 50.9 Å². The van der Waals surface area contributed by atoms with E-state index in [2.05, 4.69) is 24.2 Å². The van der Waals surface area contributed by atoms with Crippen molar-refractivity contribution < 1.29 is 5.11 Å². The molecule has 1 atom stereocenters. The summed E-state index contributed by atoms with van der Waals surface area (Å²) in [5.41, 5.74) is 0.551. The van der Waals surface area contributed by atoms with E-state index in [1.807, 2.05) is 13.2 Å². The number of aliphatic hydroxyl groups is 1. The van der Waals surface area contributed by atoms with E-state index in [0.717, 1.165) is 25.0 Å². The zero-order valence-electron chi connectivity index (χ0n) is 10.4. The van der Waals surface area contributed by atoms with Gasteiger partial charge in [0.1, 0.15) is 0 Å². The Bertz CT molecular complexity index is 372. The molecule has 0 aliphatic heterocycles. The number of hydrogen-bond acceptors (Lipinski definition) is 3. The molecule has 0 bridgehead atoms. The highest BCUT2D eigenvalue weighted by atomic mass is 16.3. The van der Waals surface area contributed by atoms with Crippen molar-refractivity contribution in [2.75, 3.05) is 0 Å². The molecule has 1 heterocycles. The smallest absolute Gasteiger partial charge is 0.0855 e. The molecular formula is C12H21N3O. The first-order valence-corrected chi connectivity index (χ1v) is 5.96. The fraction of sp³-hybridized carbons (Fsp3) is 0.833. The van der Waals surface area contributed by atoms with Crippen LogP contribution in [0.25, 0.3) is 0 Å². The largest absolute Gasteiger partial charge is 0.389 e. The Morgan fingerprint density at radius 1 is 1.44 bits per heavy atom. The summed E-state index contributed by atoms with van der Waals surface area (Å²) in [6.45, 7) is 4.46. The van der Waals surface area contributed by atoms with Gasteiger partial charge in [-0.15, -0.1) is 5.10 Å². The minimum Gasteiger partial charge on any atom is -0.389 e. The van der Waals surface area contributed by atoms with Crippen molar-refractivity contribution in [2.45, 2.75) is 51.6 Å². The SMILES string of the molecule is Cn1cc(CC2(O)CCCC(C)(C)C2)nn1. The Balaban J connectivity index is 2.07. The Kier molecular flexibility index (Phi) is 2.78. The number of aryl methyl sites for hydroxylation is 1. The first kappa shape index (κ1) is 11.6. The molecular weight excluding hydrogens is 202 g/mol. The summed E-state index contributed by atoms with van der Waals surface area (Å²) in [4.78, 5) is 0. The molecule has 0 spiro atoms. The standard InChI is InChI=1S/C12H21N3O/c1-11(2)5-4-6-12(16,9-11)7-10-8-15(3)14-13-10/h8,16H,4-7,9H2,1-3H3. The van der Waals surface area contributed by atoms with Crippen LogP contribution in [0.2, 0.25) is 0 Å². The molecule has 0 saturated heterocycles. The lowest BCUT2D eigenvalue weighted by Crippen LogP contribution is -2.40. The fourth-order valence-electron chi connectivity index (χ4n) is 2.93. The van der Waals surface area contributed by atoms with Crippen LogP contribution in [0.15, 0.2) is 6.20 Å². The Hall–Kier alpha value is -0.900. The van der Waals surface area contributed by atoms with Crippen LogP contribution in [0.5, 0.6) is 0 Å². The van der Waals surface area contributed by atoms with E-state index >= 15 is 0 Å². The van der Waals surface area contributed by atoms with Crippen LogP contribution in [0.4, 0.5) is 0 Å². The second kappa shape index (κ2) is 3.84. The molecule has 0 amide bonds. The summed E-state index contributed by atoms with van der Waals surface area (Å²) in [7, 11) is 1.85. The van der Waals surface area contributed by atoms with E-state index in [1.165, 1.54) is 6.42 Å². The summed E-state index contributed by atoms with van der Waals surface area (Å²) in [5, 5.41) is 18.6. The van der Waals surface area contributed by atoms with Crippen molar-refractivity contribution in [1.29, 1.82) is 0 Å². The molecule has 4 heteroatoms. The molecule has 0 radical (unpaired) electrons. The van der Waals surface area contributed by atoms with E-state index in [1.54, 1.807) is 4.68 Å². The molecule has 1 aliphatic rings. The predicted octanol–water partition coefficient (Wildman–Crippen LogP) is 1.69. The molecule has 2 rings (SSSR count). The Morgan fingerprint density at radius 2 is 2.19 bits per heavy atom. The molecule has 1 unspecified atom stereocenters. The molecule has 1 aliphatic carbocycles. The van der Waals surface area contributed by atoms with Gasteiger partial charge in [0.25, 0.3) is 0 Å². The fourth-order valence-corrected chi connectivity index (χ4v) is 2.93. The summed E-state index contributed by atoms with van der Waals surface area (Å²) in [6.07, 6.45) is 6.56. The molecule has 16 heavy (non-hydrogen) atoms. The maximum atomic E-state index is 10.6. The lowest BCUT2D eigenvalue weighted by atomic mass is 9.68. The van der Waals surface area contributed by atoms with Gasteiger partial charge in [0.15, 0.2) is 0 Å². The van der Waals surface area contributed by atoms with E-state index in [-0.39, 0.29) is 5.41 Å². The third kappa shape index (κ3) is 2.61. The normalized spacial score (nSPS) is 29.2. The second-order valence-corrected chi connectivity index (χ2v) is 5.98. The minimum absolute atomic E-state index is 0.245. The Morgan fingerprint density at radius 3 is 2.75 bits per heavy atom. The minimum atomic E-state index is -0.586. The molecule has 1 fully saturated rings. The van der Waals surface area contributed by atoms with E-state index in [0.29, 0.717) is 6.42 Å². The van der Waals surface area contributed by atoms with Gasteiger partial charge in [-0.3, -0.25) is 4.68 Å². The first-order valence-electron chi connectivity index (χ1n) is 5.96. The van der Waals surface area contributed by atoms with Crippen molar-refractivity contribution in [3.8, 4) is 0 Å². The van der Waals surface area contributed by atoms with Crippen LogP contribution in [0, 0.1) is 5.41 Å². The summed E-state index contributed by atoms with van der Waals surface area (Å²) in [6, 6.07) is 0. The second-order valence-electron chi connectivity index (χ2n) is 5.98. The van der Waals surface area contributed by atoms with E-state index < -0.39 is 5.60 Å². The van der Waals surface area contributed by atoms with Crippen molar-refractivity contribution in [2.24, 2.45) is 12.5 Å². The van der Waals surface area contributed by atoms with Gasteiger partial charge in [-0.2, -0.15) is 0 Å². The van der Waals surface area contributed by atoms with Crippen molar-refractivity contribution in [3.63, 3.8) is 0 Å². The number of rotatable bonds is 2. The molecule has 1 aromatic heterocycles. The molecule has 4 nitrogen and oxygen atoms in total. The highest BCUT2D eigenvalue weighted by molar-refractivity contribution is 5.02. The van der Waals surface area contributed by atoms with Crippen LogP contribution in [0.1, 0.15) is 45.2 Å². The maximum Gasteiger partial charge on any atom is 0.0855 e. The average molecular weight is 223 g/mol. The van der Waals surface area contributed by atoms with Gasteiger partial charge < -0.3 is 5.11 Å². The predicted molar refractivity (Wildman–Crippen MR) is 61.9 cm³/mol. The van der Waals surface area contributed by atoms with E-state index in [9.17, 15) is 5.11 Å². The zero-order chi connectivity index (χ0) is 11.8. The number of hydrogen-bond donors (Lipinski definition) is 1. The summed E-state index contributed by atoms with van der Waals surface area (Å²) >= 11 is 0. The first-order chi connectivity index (χ1) is 7.39. The van der Waals surface area contributed by atoms with Crippen LogP contribution in [0.3, 0.4) is 0 Å². The van der Waals surface area contributed by atoms with Crippen molar-refractivity contribution in [1.82, 2.24) is 15.0 Å². The lowest BCUT2D eigenvalue weighted by molar-refractivity contribution is -0.0388. The number of aromatic nitrogens is 3. The summed E-state index contributed by atoms with van der Waals surface area (Å²) < 4.78 is 1.69. The van der Waals surface area contributed by atoms with Crippen LogP contribution < -0.4 is 0 Å². The quantitative estimate of drug-likeness (QED) is 0.830. The Labute approximate surface area is 96.7 Å². The van der Waals surface area contributed by atoms with Crippen molar-refractivity contribution >= 4 is 0 Å². The van der Waals surface area contributed by atoms with Crippen LogP contribution >= 0.6 is 0 Å². The molecule has 90 valence electrons. The van der Waals surface area contributed by atoms with Gasteiger partial charge in [-0.05, 0) is 24.7 Å². The monoisotopic (exact) mass is 223 g/mol. The molecule has 0 aromatic carbocycles. The van der Waals surface area contributed by atoms with Crippen LogP contribution in [-0.4, -0.2) is 25.7 Å². The highest BCUT2D eigenvalue weighted by Gasteiger charge is 2.38. The van der Waals surface area contributed by atoms with Crippen LogP contribution in [-0.2, 0) is 13.5 Å². The third-order valence-electron chi connectivity index (χ3n) is 3.46. The summed E-state index contributed by atoms with van der Waals surface area (Å²) in [5.74, 6) is 0. The third-order valence-corrected chi connectivity index (χ3v) is 3.46. The van der Waals surface area contributed by atoms with Gasteiger partial charge >= 0.3 is 0 Å². The van der Waals surface area contributed by atoms with Gasteiger partial charge in [-0.25, -0.2) is 0 Å².